The van der Waals surface area contributed by atoms with Crippen LogP contribution in [0.1, 0.15) is 31.4 Å². The fourth-order valence-corrected chi connectivity index (χ4v) is 2.14. The molecule has 2 rings (SSSR count). The molecule has 0 saturated carbocycles. The summed E-state index contributed by atoms with van der Waals surface area (Å²) in [4.78, 5) is 4.78. The molecule has 2 aromatic rings. The van der Waals surface area contributed by atoms with Crippen LogP contribution in [0.3, 0.4) is 0 Å². The molecule has 0 aliphatic rings. The van der Waals surface area contributed by atoms with E-state index in [-0.39, 0.29) is 6.17 Å². The second-order valence-electron chi connectivity index (χ2n) is 4.99. The van der Waals surface area contributed by atoms with Crippen molar-refractivity contribution in [1.82, 2.24) is 5.32 Å². The van der Waals surface area contributed by atoms with E-state index in [0.717, 1.165) is 29.0 Å². The van der Waals surface area contributed by atoms with E-state index >= 15 is 0 Å². The first-order chi connectivity index (χ1) is 10.2. The summed E-state index contributed by atoms with van der Waals surface area (Å²) in [6, 6.07) is 20.4. The van der Waals surface area contributed by atoms with Gasteiger partial charge in [0.1, 0.15) is 6.17 Å². The lowest BCUT2D eigenvalue weighted by atomic mass is 10.1. The van der Waals surface area contributed by atoms with Crippen molar-refractivity contribution in [3.63, 3.8) is 0 Å². The molecule has 0 aromatic heterocycles. The van der Waals surface area contributed by atoms with Gasteiger partial charge in [-0.3, -0.25) is 4.99 Å². The maximum Gasteiger partial charge on any atom is 0.118 e. The average molecular weight is 278 g/mol. The molecule has 2 nitrogen and oxygen atoms in total. The van der Waals surface area contributed by atoms with Gasteiger partial charge in [-0.1, -0.05) is 74.2 Å². The third kappa shape index (κ3) is 4.32. The largest absolute Gasteiger partial charge is 0.364 e. The SMILES string of the molecule is C=C(NC(CC)N=C(C)c1ccccc1)c1ccccc1. The molecule has 21 heavy (non-hydrogen) atoms. The van der Waals surface area contributed by atoms with E-state index in [0.29, 0.717) is 0 Å². The fraction of sp³-hybridized carbons (Fsp3) is 0.211. The molecule has 0 radical (unpaired) electrons. The smallest absolute Gasteiger partial charge is 0.118 e. The van der Waals surface area contributed by atoms with E-state index in [9.17, 15) is 0 Å². The van der Waals surface area contributed by atoms with Gasteiger partial charge in [-0.15, -0.1) is 0 Å². The van der Waals surface area contributed by atoms with Crippen LogP contribution in [0, 0.1) is 0 Å². The van der Waals surface area contributed by atoms with Crippen molar-refractivity contribution in [2.45, 2.75) is 26.4 Å². The number of nitrogens with one attached hydrogen (secondary N) is 1. The van der Waals surface area contributed by atoms with Crippen molar-refractivity contribution in [3.8, 4) is 0 Å². The van der Waals surface area contributed by atoms with E-state index in [4.69, 9.17) is 4.99 Å². The Morgan fingerprint density at radius 1 is 1.00 bits per heavy atom. The zero-order valence-electron chi connectivity index (χ0n) is 12.7. The maximum absolute atomic E-state index is 4.78. The van der Waals surface area contributed by atoms with Crippen LogP contribution in [0.5, 0.6) is 0 Å². The number of benzene rings is 2. The second-order valence-corrected chi connectivity index (χ2v) is 4.99. The van der Waals surface area contributed by atoms with Gasteiger partial charge in [-0.05, 0) is 24.5 Å². The van der Waals surface area contributed by atoms with E-state index in [1.165, 1.54) is 0 Å². The molecule has 2 aromatic carbocycles. The van der Waals surface area contributed by atoms with E-state index in [2.05, 4.69) is 43.1 Å². The molecule has 0 bridgehead atoms. The molecule has 108 valence electrons. The summed E-state index contributed by atoms with van der Waals surface area (Å²) in [5.74, 6) is 0. The van der Waals surface area contributed by atoms with Crippen LogP contribution in [0.15, 0.2) is 72.2 Å². The van der Waals surface area contributed by atoms with Crippen LogP contribution >= 0.6 is 0 Å². The van der Waals surface area contributed by atoms with Gasteiger partial charge in [0, 0.05) is 11.4 Å². The van der Waals surface area contributed by atoms with E-state index in [1.807, 2.05) is 43.3 Å². The molecule has 0 amide bonds. The molecule has 1 atom stereocenters. The summed E-state index contributed by atoms with van der Waals surface area (Å²) in [5.41, 5.74) is 4.20. The van der Waals surface area contributed by atoms with Crippen LogP contribution in [-0.4, -0.2) is 11.9 Å². The molecule has 0 aliphatic heterocycles. The molecule has 0 fully saturated rings. The van der Waals surface area contributed by atoms with Gasteiger partial charge in [-0.2, -0.15) is 0 Å². The van der Waals surface area contributed by atoms with Gasteiger partial charge in [0.05, 0.1) is 0 Å². The number of aliphatic imine (C=N–C) groups is 1. The van der Waals surface area contributed by atoms with Gasteiger partial charge >= 0.3 is 0 Å². The number of nitrogens with zero attached hydrogens (tertiary/aromatic N) is 1. The predicted octanol–water partition coefficient (Wildman–Crippen LogP) is 4.49. The summed E-state index contributed by atoms with van der Waals surface area (Å²) < 4.78 is 0. The first-order valence-electron chi connectivity index (χ1n) is 7.31. The van der Waals surface area contributed by atoms with Crippen LogP contribution in [0.25, 0.3) is 5.70 Å². The Kier molecular flexibility index (Phi) is 5.33. The normalized spacial score (nSPS) is 12.8. The topological polar surface area (TPSA) is 24.4 Å². The molecular weight excluding hydrogens is 256 g/mol. The first-order valence-corrected chi connectivity index (χ1v) is 7.31. The Hall–Kier alpha value is -2.35. The van der Waals surface area contributed by atoms with Crippen molar-refractivity contribution in [1.29, 1.82) is 0 Å². The lowest BCUT2D eigenvalue weighted by Gasteiger charge is -2.17. The van der Waals surface area contributed by atoms with Gasteiger partial charge in [0.25, 0.3) is 0 Å². The van der Waals surface area contributed by atoms with Crippen LogP contribution in [0.2, 0.25) is 0 Å². The van der Waals surface area contributed by atoms with Gasteiger partial charge < -0.3 is 5.32 Å². The third-order valence-electron chi connectivity index (χ3n) is 3.39. The number of hydrogen-bond donors (Lipinski definition) is 1. The Bertz CT molecular complexity index is 600. The van der Waals surface area contributed by atoms with Gasteiger partial charge in [-0.25, -0.2) is 0 Å². The van der Waals surface area contributed by atoms with Gasteiger partial charge in [0.15, 0.2) is 0 Å². The molecule has 0 spiro atoms. The van der Waals surface area contributed by atoms with Crippen molar-refractivity contribution in [2.24, 2.45) is 4.99 Å². The van der Waals surface area contributed by atoms with Gasteiger partial charge in [0.2, 0.25) is 0 Å². The van der Waals surface area contributed by atoms with Crippen LogP contribution in [0.4, 0.5) is 0 Å². The lowest BCUT2D eigenvalue weighted by molar-refractivity contribution is 0.605. The van der Waals surface area contributed by atoms with E-state index < -0.39 is 0 Å². The molecule has 2 heteroatoms. The maximum atomic E-state index is 4.78. The van der Waals surface area contributed by atoms with E-state index in [1.54, 1.807) is 0 Å². The van der Waals surface area contributed by atoms with Crippen molar-refractivity contribution in [3.05, 3.63) is 78.4 Å². The second kappa shape index (κ2) is 7.44. The minimum Gasteiger partial charge on any atom is -0.364 e. The third-order valence-corrected chi connectivity index (χ3v) is 3.39. The number of rotatable bonds is 6. The Balaban J connectivity index is 2.08. The highest BCUT2D eigenvalue weighted by Crippen LogP contribution is 2.11. The molecule has 0 saturated heterocycles. The lowest BCUT2D eigenvalue weighted by Crippen LogP contribution is -2.25. The first kappa shape index (κ1) is 15.0. The molecule has 1 N–H and O–H groups in total. The summed E-state index contributed by atoms with van der Waals surface area (Å²) in [6.07, 6.45) is 0.952. The minimum absolute atomic E-state index is 0.0397. The zero-order valence-corrected chi connectivity index (χ0v) is 12.7. The molecule has 0 heterocycles. The Morgan fingerprint density at radius 3 is 2.05 bits per heavy atom. The predicted molar refractivity (Wildman–Crippen MR) is 91.3 cm³/mol. The number of hydrogen-bond acceptors (Lipinski definition) is 2. The summed E-state index contributed by atoms with van der Waals surface area (Å²) in [5, 5.41) is 3.40. The molecule has 1 unspecified atom stereocenters. The summed E-state index contributed by atoms with van der Waals surface area (Å²) >= 11 is 0. The van der Waals surface area contributed by atoms with Crippen molar-refractivity contribution < 1.29 is 0 Å². The quantitative estimate of drug-likeness (QED) is 0.773. The average Bonchev–Trinajstić information content (AvgIpc) is 2.55. The molecule has 0 aliphatic carbocycles. The monoisotopic (exact) mass is 278 g/mol. The molecular formula is C19H22N2. The van der Waals surface area contributed by atoms with Crippen LogP contribution < -0.4 is 5.32 Å². The fourth-order valence-electron chi connectivity index (χ4n) is 2.14. The summed E-state index contributed by atoms with van der Waals surface area (Å²) in [6.45, 7) is 8.28. The highest BCUT2D eigenvalue weighted by molar-refractivity contribution is 5.98. The van der Waals surface area contributed by atoms with Crippen molar-refractivity contribution in [2.75, 3.05) is 0 Å². The minimum atomic E-state index is 0.0397. The highest BCUT2D eigenvalue weighted by Gasteiger charge is 2.07. The summed E-state index contributed by atoms with van der Waals surface area (Å²) in [7, 11) is 0. The Labute approximate surface area is 127 Å². The Morgan fingerprint density at radius 2 is 1.52 bits per heavy atom. The zero-order chi connectivity index (χ0) is 15.1. The van der Waals surface area contributed by atoms with Crippen molar-refractivity contribution >= 4 is 11.4 Å². The highest BCUT2D eigenvalue weighted by atomic mass is 15.1. The standard InChI is InChI=1S/C19H22N2/c1-4-19(20-15(2)17-11-7-5-8-12-17)21-16(3)18-13-9-6-10-14-18/h5-14,19-20H,2,4H2,1,3H3. The van der Waals surface area contributed by atoms with Crippen LogP contribution in [-0.2, 0) is 0 Å².